The first-order valence-electron chi connectivity index (χ1n) is 10.7. The van der Waals surface area contributed by atoms with Crippen molar-refractivity contribution in [2.45, 2.75) is 39.0 Å². The van der Waals surface area contributed by atoms with Gasteiger partial charge in [0.2, 0.25) is 0 Å². The molecule has 2 rings (SSSR count). The lowest BCUT2D eigenvalue weighted by molar-refractivity contribution is -0.140. The number of rotatable bonds is 10. The lowest BCUT2D eigenvalue weighted by Gasteiger charge is -2.37. The number of aliphatic imine (C=N–C) groups is 1. The standard InChI is InChI=1S/C22H36N4O3/c1-4-23-22(24-13-8-6-5-7-12-21(27)29-3)26-16-14-25(15-17-26)19-10-9-11-20(18-19)28-2/h9-11,18H,4-8,12-17H2,1-3H3,(H,23,24). The number of nitrogens with one attached hydrogen (secondary N) is 1. The normalized spacial score (nSPS) is 14.7. The molecular weight excluding hydrogens is 368 g/mol. The largest absolute Gasteiger partial charge is 0.497 e. The van der Waals surface area contributed by atoms with E-state index in [1.54, 1.807) is 7.11 Å². The van der Waals surface area contributed by atoms with Crippen LogP contribution in [0.4, 0.5) is 5.69 Å². The van der Waals surface area contributed by atoms with Crippen LogP contribution in [0.3, 0.4) is 0 Å². The molecule has 1 N–H and O–H groups in total. The molecule has 0 atom stereocenters. The molecule has 29 heavy (non-hydrogen) atoms. The predicted molar refractivity (Wildman–Crippen MR) is 118 cm³/mol. The number of methoxy groups -OCH3 is 2. The number of guanidine groups is 1. The minimum atomic E-state index is -0.120. The van der Waals surface area contributed by atoms with Crippen LogP contribution in [0.5, 0.6) is 5.75 Å². The van der Waals surface area contributed by atoms with E-state index < -0.39 is 0 Å². The summed E-state index contributed by atoms with van der Waals surface area (Å²) in [6.07, 6.45) is 4.58. The Kier molecular flexibility index (Phi) is 10.2. The van der Waals surface area contributed by atoms with E-state index in [1.807, 2.05) is 12.1 Å². The van der Waals surface area contributed by atoms with Gasteiger partial charge in [-0.2, -0.15) is 0 Å². The van der Waals surface area contributed by atoms with Crippen LogP contribution in [-0.2, 0) is 9.53 Å². The summed E-state index contributed by atoms with van der Waals surface area (Å²) in [7, 11) is 3.14. The maximum Gasteiger partial charge on any atom is 0.305 e. The predicted octanol–water partition coefficient (Wildman–Crippen LogP) is 2.91. The maximum absolute atomic E-state index is 11.1. The Morgan fingerprint density at radius 2 is 1.86 bits per heavy atom. The highest BCUT2D eigenvalue weighted by molar-refractivity contribution is 5.80. The molecule has 7 heteroatoms. The third-order valence-corrected chi connectivity index (χ3v) is 5.11. The zero-order chi connectivity index (χ0) is 20.9. The van der Waals surface area contributed by atoms with Gasteiger partial charge in [0, 0.05) is 57.4 Å². The molecular formula is C22H36N4O3. The quantitative estimate of drug-likeness (QED) is 0.280. The van der Waals surface area contributed by atoms with Gasteiger partial charge in [0.15, 0.2) is 5.96 Å². The number of carbonyl (C=O) groups is 1. The smallest absolute Gasteiger partial charge is 0.305 e. The number of unbranched alkanes of at least 4 members (excludes halogenated alkanes) is 3. The van der Waals surface area contributed by atoms with E-state index in [0.717, 1.165) is 76.7 Å². The van der Waals surface area contributed by atoms with Crippen molar-refractivity contribution in [3.8, 4) is 5.75 Å². The third kappa shape index (κ3) is 7.83. The fourth-order valence-electron chi connectivity index (χ4n) is 3.43. The van der Waals surface area contributed by atoms with Gasteiger partial charge in [-0.15, -0.1) is 0 Å². The Bertz CT molecular complexity index is 643. The molecule has 1 aliphatic rings. The molecule has 1 fully saturated rings. The highest BCUT2D eigenvalue weighted by atomic mass is 16.5. The first kappa shape index (κ1) is 22.8. The van der Waals surface area contributed by atoms with E-state index in [4.69, 9.17) is 9.73 Å². The Labute approximate surface area is 175 Å². The van der Waals surface area contributed by atoms with Crippen LogP contribution >= 0.6 is 0 Å². The van der Waals surface area contributed by atoms with Crippen molar-refractivity contribution in [2.24, 2.45) is 4.99 Å². The number of hydrogen-bond donors (Lipinski definition) is 1. The average Bonchev–Trinajstić information content (AvgIpc) is 2.77. The molecule has 0 radical (unpaired) electrons. The van der Waals surface area contributed by atoms with E-state index in [2.05, 4.69) is 38.9 Å². The number of carbonyl (C=O) groups excluding carboxylic acids is 1. The topological polar surface area (TPSA) is 66.4 Å². The number of ether oxygens (including phenoxy) is 2. The average molecular weight is 405 g/mol. The third-order valence-electron chi connectivity index (χ3n) is 5.11. The minimum Gasteiger partial charge on any atom is -0.497 e. The molecule has 162 valence electrons. The summed E-state index contributed by atoms with van der Waals surface area (Å²) >= 11 is 0. The van der Waals surface area contributed by atoms with E-state index in [1.165, 1.54) is 12.8 Å². The molecule has 1 aromatic carbocycles. The monoisotopic (exact) mass is 404 g/mol. The van der Waals surface area contributed by atoms with Crippen LogP contribution in [0.1, 0.15) is 39.0 Å². The number of esters is 1. The van der Waals surface area contributed by atoms with Crippen molar-refractivity contribution in [3.63, 3.8) is 0 Å². The van der Waals surface area contributed by atoms with E-state index in [-0.39, 0.29) is 5.97 Å². The van der Waals surface area contributed by atoms with E-state index in [0.29, 0.717) is 6.42 Å². The fourth-order valence-corrected chi connectivity index (χ4v) is 3.43. The zero-order valence-corrected chi connectivity index (χ0v) is 18.2. The maximum atomic E-state index is 11.1. The molecule has 0 spiro atoms. The fraction of sp³-hybridized carbons (Fsp3) is 0.636. The molecule has 1 aliphatic heterocycles. The summed E-state index contributed by atoms with van der Waals surface area (Å²) in [5.74, 6) is 1.78. The van der Waals surface area contributed by atoms with Crippen LogP contribution in [0.25, 0.3) is 0 Å². The SMILES string of the molecule is CCNC(=NCCCCCCC(=O)OC)N1CCN(c2cccc(OC)c2)CC1. The Morgan fingerprint density at radius 1 is 1.10 bits per heavy atom. The molecule has 0 aliphatic carbocycles. The van der Waals surface area contributed by atoms with E-state index in [9.17, 15) is 4.79 Å². The lowest BCUT2D eigenvalue weighted by atomic mass is 10.1. The van der Waals surface area contributed by atoms with Crippen molar-refractivity contribution in [1.29, 1.82) is 0 Å². The summed E-state index contributed by atoms with van der Waals surface area (Å²) in [6.45, 7) is 7.61. The van der Waals surface area contributed by atoms with Gasteiger partial charge in [0.1, 0.15) is 5.75 Å². The number of hydrogen-bond acceptors (Lipinski definition) is 5. The Morgan fingerprint density at radius 3 is 2.55 bits per heavy atom. The number of benzene rings is 1. The summed E-state index contributed by atoms with van der Waals surface area (Å²) in [4.78, 5) is 20.7. The highest BCUT2D eigenvalue weighted by Crippen LogP contribution is 2.22. The molecule has 1 heterocycles. The van der Waals surface area contributed by atoms with Crippen molar-refractivity contribution in [3.05, 3.63) is 24.3 Å². The van der Waals surface area contributed by atoms with Crippen molar-refractivity contribution in [2.75, 3.05) is 58.4 Å². The molecule has 0 unspecified atom stereocenters. The van der Waals surface area contributed by atoms with Gasteiger partial charge in [-0.1, -0.05) is 18.9 Å². The molecule has 0 bridgehead atoms. The first-order valence-corrected chi connectivity index (χ1v) is 10.7. The van der Waals surface area contributed by atoms with Gasteiger partial charge in [0.05, 0.1) is 14.2 Å². The van der Waals surface area contributed by atoms with Gasteiger partial charge in [-0.3, -0.25) is 9.79 Å². The highest BCUT2D eigenvalue weighted by Gasteiger charge is 2.20. The van der Waals surface area contributed by atoms with Crippen LogP contribution in [-0.4, -0.2) is 70.3 Å². The second-order valence-electron chi connectivity index (χ2n) is 7.15. The van der Waals surface area contributed by atoms with Crippen molar-refractivity contribution >= 4 is 17.6 Å². The van der Waals surface area contributed by atoms with E-state index >= 15 is 0 Å². The second-order valence-corrected chi connectivity index (χ2v) is 7.15. The second kappa shape index (κ2) is 12.9. The summed E-state index contributed by atoms with van der Waals surface area (Å²) in [6, 6.07) is 8.25. The lowest BCUT2D eigenvalue weighted by Crippen LogP contribution is -2.52. The molecule has 0 saturated carbocycles. The van der Waals surface area contributed by atoms with Crippen LogP contribution in [0.15, 0.2) is 29.3 Å². The van der Waals surface area contributed by atoms with Gasteiger partial charge < -0.3 is 24.6 Å². The minimum absolute atomic E-state index is 0.120. The molecule has 0 aromatic heterocycles. The number of piperazine rings is 1. The summed E-state index contributed by atoms with van der Waals surface area (Å²) in [5, 5.41) is 3.43. The zero-order valence-electron chi connectivity index (χ0n) is 18.2. The van der Waals surface area contributed by atoms with Gasteiger partial charge in [-0.25, -0.2) is 0 Å². The van der Waals surface area contributed by atoms with Gasteiger partial charge in [-0.05, 0) is 31.9 Å². The van der Waals surface area contributed by atoms with Crippen molar-refractivity contribution in [1.82, 2.24) is 10.2 Å². The van der Waals surface area contributed by atoms with Crippen LogP contribution in [0.2, 0.25) is 0 Å². The number of nitrogens with zero attached hydrogens (tertiary/aromatic N) is 3. The van der Waals surface area contributed by atoms with Crippen LogP contribution in [0, 0.1) is 0 Å². The molecule has 7 nitrogen and oxygen atoms in total. The van der Waals surface area contributed by atoms with Gasteiger partial charge >= 0.3 is 5.97 Å². The first-order chi connectivity index (χ1) is 14.2. The summed E-state index contributed by atoms with van der Waals surface area (Å²) < 4.78 is 10.0. The van der Waals surface area contributed by atoms with Gasteiger partial charge in [0.25, 0.3) is 0 Å². The number of anilines is 1. The van der Waals surface area contributed by atoms with Crippen molar-refractivity contribution < 1.29 is 14.3 Å². The Balaban J connectivity index is 1.76. The Hall–Kier alpha value is -2.44. The molecule has 1 aromatic rings. The molecule has 0 amide bonds. The summed E-state index contributed by atoms with van der Waals surface area (Å²) in [5.41, 5.74) is 1.21. The molecule has 1 saturated heterocycles. The van der Waals surface area contributed by atoms with Crippen LogP contribution < -0.4 is 15.0 Å².